The maximum absolute atomic E-state index is 13.8. The Balaban J connectivity index is 1.55. The van der Waals surface area contributed by atoms with E-state index in [-0.39, 0.29) is 24.3 Å². The Morgan fingerprint density at radius 3 is 2.07 bits per heavy atom. The minimum Gasteiger partial charge on any atom is -0.465 e. The minimum absolute atomic E-state index is 0.0770. The van der Waals surface area contributed by atoms with Crippen molar-refractivity contribution >= 4 is 23.9 Å². The van der Waals surface area contributed by atoms with Gasteiger partial charge < -0.3 is 28.8 Å². The lowest BCUT2D eigenvalue weighted by Gasteiger charge is -2.66. The molecule has 46 heavy (non-hydrogen) atoms. The summed E-state index contributed by atoms with van der Waals surface area (Å²) in [4.78, 5) is 51.9. The molecule has 4 aliphatic rings. The van der Waals surface area contributed by atoms with Gasteiger partial charge in [-0.1, -0.05) is 61.9 Å². The van der Waals surface area contributed by atoms with Gasteiger partial charge in [-0.25, -0.2) is 14.4 Å². The Kier molecular flexibility index (Phi) is 8.14. The quantitative estimate of drug-likeness (QED) is 0.254. The number of carbonyl (C=O) groups excluding carboxylic acids is 4. The Morgan fingerprint density at radius 2 is 1.54 bits per heavy atom. The summed E-state index contributed by atoms with van der Waals surface area (Å²) >= 11 is 0. The lowest BCUT2D eigenvalue weighted by Crippen LogP contribution is -2.77. The van der Waals surface area contributed by atoms with Crippen molar-refractivity contribution in [2.45, 2.75) is 63.4 Å². The van der Waals surface area contributed by atoms with Gasteiger partial charge in [0.15, 0.2) is 12.2 Å². The standard InChI is InChI=1S/C36H38O10/c1-23(37)43-22-36-27(15-10-17-35(36)21-44-35)33(2,18-16-24-19-28(38)42-20-24)34(3,41)29(45-31(39)25-11-6-4-7-12-25)30(36)46-32(40)26-13-8-5-9-14-26/h4-9,11-14,16,18-19,27,29-30,41H,10,15,17,20-22H2,1-3H3/t27-,29+,30+,33-,34+,35+,36+/m1/s1. The Labute approximate surface area is 267 Å². The zero-order valence-corrected chi connectivity index (χ0v) is 26.1. The molecule has 0 bridgehead atoms. The van der Waals surface area contributed by atoms with Gasteiger partial charge in [0.2, 0.25) is 0 Å². The Hall–Kier alpha value is -4.28. The van der Waals surface area contributed by atoms with E-state index in [1.54, 1.807) is 73.7 Å². The molecule has 2 aromatic carbocycles. The smallest absolute Gasteiger partial charge is 0.338 e. The Bertz CT molecular complexity index is 1570. The zero-order valence-electron chi connectivity index (χ0n) is 26.1. The first-order chi connectivity index (χ1) is 21.9. The summed E-state index contributed by atoms with van der Waals surface area (Å²) in [5, 5.41) is 12.8. The molecule has 2 saturated carbocycles. The molecule has 6 rings (SSSR count). The number of ether oxygens (including phenoxy) is 5. The minimum atomic E-state index is -1.85. The molecular weight excluding hydrogens is 592 g/mol. The molecule has 10 heteroatoms. The van der Waals surface area contributed by atoms with Crippen molar-refractivity contribution in [3.05, 3.63) is 95.6 Å². The molecule has 0 amide bonds. The molecular formula is C36H38O10. The van der Waals surface area contributed by atoms with Gasteiger partial charge in [-0.15, -0.1) is 0 Å². The van der Waals surface area contributed by atoms with Crippen molar-refractivity contribution in [2.75, 3.05) is 19.8 Å². The number of epoxide rings is 1. The van der Waals surface area contributed by atoms with Crippen LogP contribution in [0.25, 0.3) is 0 Å². The van der Waals surface area contributed by atoms with Gasteiger partial charge in [0.05, 0.1) is 23.1 Å². The van der Waals surface area contributed by atoms with Gasteiger partial charge in [-0.2, -0.15) is 0 Å². The van der Waals surface area contributed by atoms with Crippen LogP contribution in [0.15, 0.2) is 84.5 Å². The SMILES string of the molecule is CC(=O)OC[C@@]12[C@@H](OC(=O)c3ccccc3)[C@H](OC(=O)c3ccccc3)[C@](C)(O)[C@](C)(C=CC3=CC(=O)OC3)[C@H]1CCC[C@]21CO1. The molecule has 0 radical (unpaired) electrons. The predicted octanol–water partition coefficient (Wildman–Crippen LogP) is 4.37. The van der Waals surface area contributed by atoms with Gasteiger partial charge >= 0.3 is 23.9 Å². The van der Waals surface area contributed by atoms with Crippen LogP contribution in [0.3, 0.4) is 0 Å². The van der Waals surface area contributed by atoms with Crippen LogP contribution in [0, 0.1) is 16.7 Å². The fourth-order valence-corrected chi connectivity index (χ4v) is 7.86. The van der Waals surface area contributed by atoms with E-state index in [4.69, 9.17) is 23.7 Å². The van der Waals surface area contributed by atoms with E-state index in [1.807, 2.05) is 13.0 Å². The van der Waals surface area contributed by atoms with Crippen LogP contribution >= 0.6 is 0 Å². The molecule has 1 saturated heterocycles. The molecule has 0 aromatic heterocycles. The van der Waals surface area contributed by atoms with Gasteiger partial charge in [0.1, 0.15) is 24.4 Å². The third kappa shape index (κ3) is 5.23. The number of fused-ring (bicyclic) bond motifs is 2. The van der Waals surface area contributed by atoms with Gasteiger partial charge in [-0.05, 0) is 55.5 Å². The fraction of sp³-hybridized carbons (Fsp3) is 0.444. The lowest BCUT2D eigenvalue weighted by molar-refractivity contribution is -0.291. The number of rotatable bonds is 8. The lowest BCUT2D eigenvalue weighted by atomic mass is 9.41. The highest BCUT2D eigenvalue weighted by Gasteiger charge is 2.80. The number of carbonyl (C=O) groups is 4. The van der Waals surface area contributed by atoms with Crippen LogP contribution in [-0.2, 0) is 33.3 Å². The predicted molar refractivity (Wildman–Crippen MR) is 163 cm³/mol. The first-order valence-corrected chi connectivity index (χ1v) is 15.5. The van der Waals surface area contributed by atoms with Gasteiger partial charge in [0, 0.05) is 18.4 Å². The topological polar surface area (TPSA) is 138 Å². The van der Waals surface area contributed by atoms with Crippen LogP contribution < -0.4 is 0 Å². The number of hydrogen-bond acceptors (Lipinski definition) is 10. The van der Waals surface area contributed by atoms with Crippen molar-refractivity contribution < 1.29 is 48.0 Å². The average Bonchev–Trinajstić information content (AvgIpc) is 3.71. The van der Waals surface area contributed by atoms with Crippen molar-refractivity contribution in [3.8, 4) is 0 Å². The maximum atomic E-state index is 13.8. The molecule has 7 atom stereocenters. The molecule has 10 nitrogen and oxygen atoms in total. The molecule has 1 N–H and O–H groups in total. The molecule has 1 spiro atoms. The first-order valence-electron chi connectivity index (χ1n) is 15.5. The van der Waals surface area contributed by atoms with Crippen LogP contribution in [-0.4, -0.2) is 72.2 Å². The molecule has 242 valence electrons. The highest BCUT2D eigenvalue weighted by atomic mass is 16.6. The fourth-order valence-electron chi connectivity index (χ4n) is 7.86. The summed E-state index contributed by atoms with van der Waals surface area (Å²) < 4.78 is 29.8. The van der Waals surface area contributed by atoms with Crippen molar-refractivity contribution in [2.24, 2.45) is 16.7 Å². The number of cyclic esters (lactones) is 1. The summed E-state index contributed by atoms with van der Waals surface area (Å²) in [6.07, 6.45) is 4.06. The summed E-state index contributed by atoms with van der Waals surface area (Å²) in [5.41, 5.74) is -4.04. The van der Waals surface area contributed by atoms with E-state index in [0.717, 1.165) is 6.42 Å². The second kappa shape index (κ2) is 11.8. The summed E-state index contributed by atoms with van der Waals surface area (Å²) in [5.74, 6) is -2.91. The van der Waals surface area contributed by atoms with Crippen LogP contribution in [0.5, 0.6) is 0 Å². The summed E-state index contributed by atoms with van der Waals surface area (Å²) in [6.45, 7) is 4.90. The zero-order chi connectivity index (χ0) is 32.7. The van der Waals surface area contributed by atoms with E-state index in [0.29, 0.717) is 25.0 Å². The molecule has 3 fully saturated rings. The molecule has 2 aliphatic heterocycles. The van der Waals surface area contributed by atoms with Gasteiger partial charge in [-0.3, -0.25) is 4.79 Å². The second-order valence-electron chi connectivity index (χ2n) is 13.0. The maximum Gasteiger partial charge on any atom is 0.338 e. The monoisotopic (exact) mass is 630 g/mol. The summed E-state index contributed by atoms with van der Waals surface area (Å²) in [7, 11) is 0. The van der Waals surface area contributed by atoms with Crippen LogP contribution in [0.4, 0.5) is 0 Å². The molecule has 2 aliphatic carbocycles. The normalized spacial score (nSPS) is 34.7. The largest absolute Gasteiger partial charge is 0.465 e. The van der Waals surface area contributed by atoms with E-state index < -0.39 is 64.0 Å². The van der Waals surface area contributed by atoms with E-state index in [1.165, 1.54) is 13.0 Å². The molecule has 0 unspecified atom stereocenters. The third-order valence-electron chi connectivity index (χ3n) is 10.5. The molecule has 2 heterocycles. The van der Waals surface area contributed by atoms with Gasteiger partial charge in [0.25, 0.3) is 0 Å². The highest BCUT2D eigenvalue weighted by molar-refractivity contribution is 5.90. The van der Waals surface area contributed by atoms with E-state index in [9.17, 15) is 24.3 Å². The van der Waals surface area contributed by atoms with Crippen molar-refractivity contribution in [1.29, 1.82) is 0 Å². The van der Waals surface area contributed by atoms with E-state index >= 15 is 0 Å². The average molecular weight is 631 g/mol. The van der Waals surface area contributed by atoms with Crippen molar-refractivity contribution in [1.82, 2.24) is 0 Å². The first kappa shape index (κ1) is 31.7. The Morgan fingerprint density at radius 1 is 0.957 bits per heavy atom. The number of benzene rings is 2. The number of aliphatic hydroxyl groups is 1. The molecule has 2 aromatic rings. The van der Waals surface area contributed by atoms with E-state index in [2.05, 4.69) is 0 Å². The van der Waals surface area contributed by atoms with Crippen LogP contribution in [0.1, 0.15) is 60.7 Å². The number of hydrogen-bond donors (Lipinski definition) is 1. The number of esters is 4. The van der Waals surface area contributed by atoms with Crippen LogP contribution in [0.2, 0.25) is 0 Å². The van der Waals surface area contributed by atoms with Crippen molar-refractivity contribution in [3.63, 3.8) is 0 Å². The summed E-state index contributed by atoms with van der Waals surface area (Å²) in [6, 6.07) is 16.8. The highest BCUT2D eigenvalue weighted by Crippen LogP contribution is 2.70. The second-order valence-corrected chi connectivity index (χ2v) is 13.0. The third-order valence-corrected chi connectivity index (χ3v) is 10.5.